The summed E-state index contributed by atoms with van der Waals surface area (Å²) in [6.45, 7) is 0.913. The zero-order valence-electron chi connectivity index (χ0n) is 14.4. The number of amides is 2. The van der Waals surface area contributed by atoms with E-state index >= 15 is 0 Å². The predicted octanol–water partition coefficient (Wildman–Crippen LogP) is 2.56. The van der Waals surface area contributed by atoms with Crippen molar-refractivity contribution in [3.63, 3.8) is 0 Å². The molecule has 2 amide bonds. The summed E-state index contributed by atoms with van der Waals surface area (Å²) in [4.78, 5) is 26.1. The van der Waals surface area contributed by atoms with Crippen molar-refractivity contribution in [2.75, 3.05) is 13.1 Å². The normalized spacial score (nSPS) is 18.0. The molecule has 1 aliphatic carbocycles. The Morgan fingerprint density at radius 3 is 2.65 bits per heavy atom. The largest absolute Gasteiger partial charge is 0.335 e. The Kier molecular flexibility index (Phi) is 4.44. The third-order valence-corrected chi connectivity index (χ3v) is 5.12. The van der Waals surface area contributed by atoms with E-state index in [1.807, 2.05) is 0 Å². The highest BCUT2D eigenvalue weighted by atomic mass is 19.1. The van der Waals surface area contributed by atoms with Crippen LogP contribution in [0.4, 0.5) is 9.18 Å². The third kappa shape index (κ3) is 3.34. The minimum Gasteiger partial charge on any atom is -0.335 e. The molecular weight excluding hydrogens is 335 g/mol. The fourth-order valence-electron chi connectivity index (χ4n) is 3.60. The van der Waals surface area contributed by atoms with Gasteiger partial charge >= 0.3 is 6.03 Å². The third-order valence-electron chi connectivity index (χ3n) is 5.12. The molecule has 2 heterocycles. The maximum Gasteiger partial charge on any atom is 0.317 e. The van der Waals surface area contributed by atoms with E-state index < -0.39 is 0 Å². The van der Waals surface area contributed by atoms with Crippen LogP contribution in [0.15, 0.2) is 41.2 Å². The van der Waals surface area contributed by atoms with E-state index in [1.165, 1.54) is 35.7 Å². The Morgan fingerprint density at radius 1 is 1.15 bits per heavy atom. The van der Waals surface area contributed by atoms with Gasteiger partial charge in [-0.25, -0.2) is 13.9 Å². The highest BCUT2D eigenvalue weighted by molar-refractivity contribution is 5.75. The summed E-state index contributed by atoms with van der Waals surface area (Å²) in [5, 5.41) is 7.43. The predicted molar refractivity (Wildman–Crippen MR) is 95.3 cm³/mol. The summed E-state index contributed by atoms with van der Waals surface area (Å²) in [5.41, 5.74) is 0.942. The summed E-state index contributed by atoms with van der Waals surface area (Å²) in [5.74, 6) is -0.347. The van der Waals surface area contributed by atoms with Gasteiger partial charge in [0.05, 0.1) is 11.7 Å². The van der Waals surface area contributed by atoms with Crippen molar-refractivity contribution < 1.29 is 9.18 Å². The average molecular weight is 356 g/mol. The molecule has 1 saturated carbocycles. The molecule has 1 saturated heterocycles. The number of likely N-dealkylation sites (tertiary alicyclic amines) is 1. The maximum absolute atomic E-state index is 13.4. The first-order valence-corrected chi connectivity index (χ1v) is 9.01. The lowest BCUT2D eigenvalue weighted by atomic mass is 10.1. The molecule has 0 atom stereocenters. The summed E-state index contributed by atoms with van der Waals surface area (Å²) < 4.78 is 14.8. The first kappa shape index (κ1) is 16.8. The van der Waals surface area contributed by atoms with Crippen molar-refractivity contribution in [2.45, 2.75) is 37.8 Å². The Hall–Kier alpha value is -2.70. The quantitative estimate of drug-likeness (QED) is 0.919. The fraction of sp³-hybridized carbons (Fsp3) is 0.421. The average Bonchev–Trinajstić information content (AvgIpc) is 3.08. The van der Waals surface area contributed by atoms with Crippen LogP contribution in [0.1, 0.15) is 31.7 Å². The number of hydrogen-bond acceptors (Lipinski definition) is 3. The number of aromatic nitrogens is 2. The second-order valence-corrected chi connectivity index (χ2v) is 7.00. The van der Waals surface area contributed by atoms with Crippen LogP contribution in [0.2, 0.25) is 0 Å². The van der Waals surface area contributed by atoms with Crippen molar-refractivity contribution in [3.8, 4) is 11.3 Å². The number of nitrogens with zero attached hydrogens (tertiary/aromatic N) is 3. The number of nitrogens with one attached hydrogen (secondary N) is 1. The lowest BCUT2D eigenvalue weighted by Crippen LogP contribution is -2.57. The number of carbonyl (C=O) groups excluding carboxylic acids is 1. The van der Waals surface area contributed by atoms with E-state index in [0.717, 1.165) is 12.8 Å². The first-order valence-electron chi connectivity index (χ1n) is 9.01. The van der Waals surface area contributed by atoms with Crippen LogP contribution in [0, 0.1) is 5.82 Å². The van der Waals surface area contributed by atoms with Gasteiger partial charge in [-0.15, -0.1) is 0 Å². The first-order chi connectivity index (χ1) is 12.6. The van der Waals surface area contributed by atoms with Crippen LogP contribution in [0.3, 0.4) is 0 Å². The van der Waals surface area contributed by atoms with E-state index in [-0.39, 0.29) is 29.5 Å². The molecule has 2 fully saturated rings. The molecule has 2 aromatic rings. The number of rotatable bonds is 3. The van der Waals surface area contributed by atoms with E-state index in [1.54, 1.807) is 23.1 Å². The summed E-state index contributed by atoms with van der Waals surface area (Å²) in [6.07, 6.45) is 4.42. The molecule has 0 spiro atoms. The molecule has 4 rings (SSSR count). The molecule has 2 aliphatic rings. The van der Waals surface area contributed by atoms with Gasteiger partial charge in [0.25, 0.3) is 5.56 Å². The molecule has 0 unspecified atom stereocenters. The topological polar surface area (TPSA) is 67.2 Å². The molecule has 1 aliphatic heterocycles. The Bertz CT molecular complexity index is 870. The zero-order valence-corrected chi connectivity index (χ0v) is 14.4. The second-order valence-electron chi connectivity index (χ2n) is 7.00. The number of halogens is 1. The molecule has 26 heavy (non-hydrogen) atoms. The van der Waals surface area contributed by atoms with E-state index in [9.17, 15) is 14.0 Å². The molecule has 1 aromatic heterocycles. The van der Waals surface area contributed by atoms with Gasteiger partial charge in [-0.05, 0) is 31.0 Å². The van der Waals surface area contributed by atoms with Crippen LogP contribution < -0.4 is 10.9 Å². The minimum absolute atomic E-state index is 0.0671. The molecule has 136 valence electrons. The van der Waals surface area contributed by atoms with Crippen LogP contribution >= 0.6 is 0 Å². The van der Waals surface area contributed by atoms with Gasteiger partial charge in [-0.2, -0.15) is 5.10 Å². The Morgan fingerprint density at radius 2 is 1.92 bits per heavy atom. The van der Waals surface area contributed by atoms with Gasteiger partial charge in [0.2, 0.25) is 0 Å². The van der Waals surface area contributed by atoms with E-state index in [4.69, 9.17) is 0 Å². The lowest BCUT2D eigenvalue weighted by molar-refractivity contribution is 0.113. The summed E-state index contributed by atoms with van der Waals surface area (Å²) in [7, 11) is 0. The minimum atomic E-state index is -0.347. The van der Waals surface area contributed by atoms with Crippen molar-refractivity contribution in [1.82, 2.24) is 20.0 Å². The van der Waals surface area contributed by atoms with E-state index in [0.29, 0.717) is 24.3 Å². The summed E-state index contributed by atoms with van der Waals surface area (Å²) in [6, 6.07) is 9.21. The number of hydrogen-bond donors (Lipinski definition) is 1. The Labute approximate surface area is 150 Å². The van der Waals surface area contributed by atoms with Gasteiger partial charge in [0.1, 0.15) is 5.82 Å². The SMILES string of the molecule is O=C(NC1CCCC1)N1CC(n2nc(-c3cccc(F)c3)ccc2=O)C1. The molecule has 0 radical (unpaired) electrons. The molecule has 1 aromatic carbocycles. The van der Waals surface area contributed by atoms with Crippen molar-refractivity contribution in [1.29, 1.82) is 0 Å². The van der Waals surface area contributed by atoms with Crippen molar-refractivity contribution in [3.05, 3.63) is 52.6 Å². The molecule has 7 heteroatoms. The van der Waals surface area contributed by atoms with E-state index in [2.05, 4.69) is 10.4 Å². The fourth-order valence-corrected chi connectivity index (χ4v) is 3.60. The number of benzene rings is 1. The second kappa shape index (κ2) is 6.90. The number of urea groups is 1. The lowest BCUT2D eigenvalue weighted by Gasteiger charge is -2.39. The highest BCUT2D eigenvalue weighted by Gasteiger charge is 2.34. The standard InChI is InChI=1S/C19H21FN4O2/c20-14-5-3-4-13(10-14)17-8-9-18(25)24(22-17)16-11-23(12-16)19(26)21-15-6-1-2-7-15/h3-5,8-10,15-16H,1-2,6-7,11-12H2,(H,21,26). The monoisotopic (exact) mass is 356 g/mol. The van der Waals surface area contributed by atoms with Gasteiger partial charge < -0.3 is 10.2 Å². The maximum atomic E-state index is 13.4. The Balaban J connectivity index is 1.45. The molecule has 0 bridgehead atoms. The van der Waals surface area contributed by atoms with Gasteiger partial charge in [-0.3, -0.25) is 4.79 Å². The van der Waals surface area contributed by atoms with Crippen LogP contribution in [0.25, 0.3) is 11.3 Å². The zero-order chi connectivity index (χ0) is 18.1. The van der Waals surface area contributed by atoms with Gasteiger partial charge in [0, 0.05) is 30.8 Å². The molecule has 1 N–H and O–H groups in total. The van der Waals surface area contributed by atoms with Crippen molar-refractivity contribution in [2.24, 2.45) is 0 Å². The summed E-state index contributed by atoms with van der Waals surface area (Å²) >= 11 is 0. The van der Waals surface area contributed by atoms with Crippen LogP contribution in [-0.2, 0) is 0 Å². The highest BCUT2D eigenvalue weighted by Crippen LogP contribution is 2.23. The van der Waals surface area contributed by atoms with Crippen LogP contribution in [0.5, 0.6) is 0 Å². The molecular formula is C19H21FN4O2. The number of carbonyl (C=O) groups is 1. The van der Waals surface area contributed by atoms with Gasteiger partial charge in [0.15, 0.2) is 0 Å². The van der Waals surface area contributed by atoms with Crippen molar-refractivity contribution >= 4 is 6.03 Å². The van der Waals surface area contributed by atoms with Gasteiger partial charge in [-0.1, -0.05) is 25.0 Å². The van der Waals surface area contributed by atoms with Crippen LogP contribution in [-0.4, -0.2) is 39.8 Å². The smallest absolute Gasteiger partial charge is 0.317 e. The molecule has 6 nitrogen and oxygen atoms in total.